The number of rotatable bonds is 2. The second-order valence-electron chi connectivity index (χ2n) is 7.48. The SMILES string of the molecule is N#CC1=C(N)N(c2ccc(Cl)cn2)C2=C(C(=O)CCC2)C1c1ccc2[nH]ccc2c1. The van der Waals surface area contributed by atoms with Crippen LogP contribution in [0.25, 0.3) is 10.9 Å². The minimum absolute atomic E-state index is 0.0506. The highest BCUT2D eigenvalue weighted by Crippen LogP contribution is 2.46. The minimum atomic E-state index is -0.486. The average Bonchev–Trinajstić information content (AvgIpc) is 3.22. The summed E-state index contributed by atoms with van der Waals surface area (Å²) in [6, 6.07) is 13.7. The van der Waals surface area contributed by atoms with Crippen LogP contribution in [0.2, 0.25) is 5.02 Å². The number of anilines is 1. The summed E-state index contributed by atoms with van der Waals surface area (Å²) >= 11 is 6.00. The van der Waals surface area contributed by atoms with Crippen LogP contribution in [0.4, 0.5) is 5.82 Å². The molecule has 7 heteroatoms. The minimum Gasteiger partial charge on any atom is -0.384 e. The number of fused-ring (bicyclic) bond motifs is 1. The number of nitrogens with two attached hydrogens (primary N) is 1. The van der Waals surface area contributed by atoms with Crippen LogP contribution in [-0.4, -0.2) is 15.8 Å². The first kappa shape index (κ1) is 18.5. The first-order chi connectivity index (χ1) is 14.6. The molecule has 3 N–H and O–H groups in total. The zero-order valence-electron chi connectivity index (χ0n) is 16.0. The summed E-state index contributed by atoms with van der Waals surface area (Å²) in [7, 11) is 0. The third-order valence-corrected chi connectivity index (χ3v) is 5.99. The lowest BCUT2D eigenvalue weighted by molar-refractivity contribution is -0.116. The highest BCUT2D eigenvalue weighted by Gasteiger charge is 2.40. The van der Waals surface area contributed by atoms with Gasteiger partial charge in [-0.05, 0) is 54.1 Å². The summed E-state index contributed by atoms with van der Waals surface area (Å²) in [5, 5.41) is 11.6. The van der Waals surface area contributed by atoms with Gasteiger partial charge in [0.05, 0.1) is 22.6 Å². The number of hydrogen-bond donors (Lipinski definition) is 2. The van der Waals surface area contributed by atoms with Crippen molar-refractivity contribution in [2.75, 3.05) is 4.90 Å². The van der Waals surface area contributed by atoms with Crippen molar-refractivity contribution in [3.8, 4) is 6.07 Å². The van der Waals surface area contributed by atoms with Crippen molar-refractivity contribution >= 4 is 34.1 Å². The third kappa shape index (κ3) is 2.78. The molecule has 3 aromatic rings. The number of nitrogens with zero attached hydrogens (tertiary/aromatic N) is 3. The Kier molecular flexibility index (Phi) is 4.34. The Morgan fingerprint density at radius 1 is 1.23 bits per heavy atom. The number of ketones is 1. The van der Waals surface area contributed by atoms with Crippen LogP contribution in [0.5, 0.6) is 0 Å². The molecule has 5 rings (SSSR count). The van der Waals surface area contributed by atoms with Crippen LogP contribution in [0.3, 0.4) is 0 Å². The van der Waals surface area contributed by atoms with Crippen LogP contribution in [0, 0.1) is 11.3 Å². The van der Waals surface area contributed by atoms with Gasteiger partial charge in [0, 0.05) is 35.6 Å². The van der Waals surface area contributed by atoms with Crippen molar-refractivity contribution < 1.29 is 4.79 Å². The summed E-state index contributed by atoms with van der Waals surface area (Å²) in [6.45, 7) is 0. The number of nitrogens with one attached hydrogen (secondary N) is 1. The summed E-state index contributed by atoms with van der Waals surface area (Å²) in [4.78, 5) is 22.4. The number of pyridine rings is 1. The van der Waals surface area contributed by atoms with Gasteiger partial charge >= 0.3 is 0 Å². The predicted octanol–water partition coefficient (Wildman–Crippen LogP) is 4.52. The molecule has 30 heavy (non-hydrogen) atoms. The monoisotopic (exact) mass is 415 g/mol. The predicted molar refractivity (Wildman–Crippen MR) is 115 cm³/mol. The van der Waals surface area contributed by atoms with Crippen LogP contribution in [-0.2, 0) is 4.79 Å². The van der Waals surface area contributed by atoms with E-state index >= 15 is 0 Å². The molecular weight excluding hydrogens is 398 g/mol. The zero-order valence-corrected chi connectivity index (χ0v) is 16.8. The van der Waals surface area contributed by atoms with E-state index in [1.54, 1.807) is 17.0 Å². The largest absolute Gasteiger partial charge is 0.384 e. The Bertz CT molecular complexity index is 1280. The highest BCUT2D eigenvalue weighted by molar-refractivity contribution is 6.30. The van der Waals surface area contributed by atoms with Gasteiger partial charge in [-0.1, -0.05) is 17.7 Å². The molecule has 0 saturated carbocycles. The summed E-state index contributed by atoms with van der Waals surface area (Å²) in [6.07, 6.45) is 5.29. The number of carbonyl (C=O) groups is 1. The van der Waals surface area contributed by atoms with Gasteiger partial charge in [-0.3, -0.25) is 9.69 Å². The van der Waals surface area contributed by atoms with E-state index in [1.807, 2.05) is 30.5 Å². The molecule has 6 nitrogen and oxygen atoms in total. The maximum atomic E-state index is 13.1. The number of aromatic nitrogens is 2. The average molecular weight is 416 g/mol. The van der Waals surface area contributed by atoms with Crippen molar-refractivity contribution in [3.63, 3.8) is 0 Å². The van der Waals surface area contributed by atoms with Crippen molar-refractivity contribution in [1.29, 1.82) is 5.26 Å². The Hall–Kier alpha value is -3.56. The molecule has 2 aliphatic rings. The van der Waals surface area contributed by atoms with Crippen LogP contribution in [0.1, 0.15) is 30.7 Å². The molecule has 0 saturated heterocycles. The van der Waals surface area contributed by atoms with Gasteiger partial charge in [0.25, 0.3) is 0 Å². The number of H-pyrrole nitrogens is 1. The van der Waals surface area contributed by atoms with Gasteiger partial charge in [-0.15, -0.1) is 0 Å². The number of halogens is 1. The van der Waals surface area contributed by atoms with E-state index in [4.69, 9.17) is 17.3 Å². The van der Waals surface area contributed by atoms with Gasteiger partial charge in [-0.2, -0.15) is 5.26 Å². The maximum Gasteiger partial charge on any atom is 0.161 e. The number of benzene rings is 1. The summed E-state index contributed by atoms with van der Waals surface area (Å²) in [5.41, 5.74) is 10.2. The van der Waals surface area contributed by atoms with Crippen molar-refractivity contribution in [3.05, 3.63) is 82.0 Å². The topological polar surface area (TPSA) is 98.8 Å². The van der Waals surface area contributed by atoms with Gasteiger partial charge in [-0.25, -0.2) is 4.98 Å². The molecule has 1 aromatic carbocycles. The number of hydrogen-bond acceptors (Lipinski definition) is 5. The zero-order chi connectivity index (χ0) is 20.8. The first-order valence-corrected chi connectivity index (χ1v) is 10.1. The Morgan fingerprint density at radius 3 is 2.87 bits per heavy atom. The summed E-state index contributed by atoms with van der Waals surface area (Å²) in [5.74, 6) is 0.418. The lowest BCUT2D eigenvalue weighted by atomic mass is 9.75. The van der Waals surface area contributed by atoms with E-state index < -0.39 is 5.92 Å². The van der Waals surface area contributed by atoms with Crippen molar-refractivity contribution in [2.45, 2.75) is 25.2 Å². The molecule has 1 atom stereocenters. The van der Waals surface area contributed by atoms with E-state index in [-0.39, 0.29) is 5.78 Å². The molecule has 0 spiro atoms. The Labute approximate surface area is 178 Å². The first-order valence-electron chi connectivity index (χ1n) is 9.73. The quantitative estimate of drug-likeness (QED) is 0.641. The fraction of sp³-hybridized carbons (Fsp3) is 0.174. The molecular formula is C23H18ClN5O. The smallest absolute Gasteiger partial charge is 0.161 e. The Balaban J connectivity index is 1.75. The summed E-state index contributed by atoms with van der Waals surface area (Å²) < 4.78 is 0. The fourth-order valence-electron chi connectivity index (χ4n) is 4.43. The normalized spacial score (nSPS) is 19.3. The van der Waals surface area contributed by atoms with Gasteiger partial charge in [0.15, 0.2) is 5.78 Å². The van der Waals surface area contributed by atoms with Crippen LogP contribution < -0.4 is 10.6 Å². The standard InChI is InChI=1S/C23H18ClN5O/c24-15-5-7-20(28-12-15)29-18-2-1-3-19(30)22(18)21(16(11-25)23(29)26)14-4-6-17-13(10-14)8-9-27-17/h4-10,12,21,27H,1-3,26H2. The number of allylic oxidation sites excluding steroid dienone is 3. The Morgan fingerprint density at radius 2 is 2.10 bits per heavy atom. The molecule has 1 unspecified atom stereocenters. The van der Waals surface area contributed by atoms with Crippen molar-refractivity contribution in [2.24, 2.45) is 5.73 Å². The number of nitriles is 1. The molecule has 0 bridgehead atoms. The molecule has 0 fully saturated rings. The lowest BCUT2D eigenvalue weighted by Gasteiger charge is -2.39. The van der Waals surface area contributed by atoms with Crippen LogP contribution >= 0.6 is 11.6 Å². The number of aromatic amines is 1. The molecule has 1 aliphatic carbocycles. The molecule has 0 radical (unpaired) electrons. The number of carbonyl (C=O) groups excluding carboxylic acids is 1. The van der Waals surface area contributed by atoms with Crippen molar-refractivity contribution in [1.82, 2.24) is 9.97 Å². The molecule has 0 amide bonds. The second kappa shape index (κ2) is 7.05. The van der Waals surface area contributed by atoms with Gasteiger partial charge in [0.2, 0.25) is 0 Å². The molecule has 2 aromatic heterocycles. The maximum absolute atomic E-state index is 13.1. The lowest BCUT2D eigenvalue weighted by Crippen LogP contribution is -2.39. The van der Waals surface area contributed by atoms with E-state index in [2.05, 4.69) is 16.0 Å². The van der Waals surface area contributed by atoms with E-state index in [9.17, 15) is 10.1 Å². The fourth-order valence-corrected chi connectivity index (χ4v) is 4.54. The van der Waals surface area contributed by atoms with Gasteiger partial charge in [0.1, 0.15) is 11.6 Å². The molecule has 3 heterocycles. The second-order valence-corrected chi connectivity index (χ2v) is 7.91. The van der Waals surface area contributed by atoms with E-state index in [1.165, 1.54) is 6.20 Å². The van der Waals surface area contributed by atoms with E-state index in [0.717, 1.165) is 28.6 Å². The van der Waals surface area contributed by atoms with Gasteiger partial charge < -0.3 is 10.7 Å². The molecule has 1 aliphatic heterocycles. The molecule has 148 valence electrons. The van der Waals surface area contributed by atoms with Crippen LogP contribution in [0.15, 0.2) is 71.5 Å². The number of Topliss-reactive ketones (excluding diaryl/α,β-unsaturated/α-hetero) is 1. The highest BCUT2D eigenvalue weighted by atomic mass is 35.5. The third-order valence-electron chi connectivity index (χ3n) is 5.76. The van der Waals surface area contributed by atoms with E-state index in [0.29, 0.717) is 40.6 Å².